The van der Waals surface area contributed by atoms with Crippen LogP contribution < -0.4 is 10.2 Å². The fourth-order valence-corrected chi connectivity index (χ4v) is 3.54. The van der Waals surface area contributed by atoms with Gasteiger partial charge in [-0.2, -0.15) is 0 Å². The van der Waals surface area contributed by atoms with Crippen LogP contribution in [0, 0.1) is 0 Å². The van der Waals surface area contributed by atoms with Crippen LogP contribution in [0.4, 0.5) is 17.3 Å². The molecule has 0 unspecified atom stereocenters. The summed E-state index contributed by atoms with van der Waals surface area (Å²) in [6.45, 7) is 1.68. The number of nitrogens with one attached hydrogen (secondary N) is 1. The smallest absolute Gasteiger partial charge is 0.234 e. The van der Waals surface area contributed by atoms with E-state index in [4.69, 9.17) is 0 Å². The number of aromatic nitrogens is 3. The number of para-hydroxylation sites is 2. The van der Waals surface area contributed by atoms with Gasteiger partial charge in [0.15, 0.2) is 5.16 Å². The lowest BCUT2D eigenvalue weighted by molar-refractivity contribution is -0.113. The Kier molecular flexibility index (Phi) is 4.39. The first-order valence-corrected chi connectivity index (χ1v) is 9.03. The molecule has 7 heteroatoms. The Bertz CT molecular complexity index is 866. The molecule has 1 aromatic heterocycles. The van der Waals surface area contributed by atoms with Crippen molar-refractivity contribution in [2.75, 3.05) is 22.5 Å². The summed E-state index contributed by atoms with van der Waals surface area (Å²) >= 11 is 1.41. The number of anilines is 3. The van der Waals surface area contributed by atoms with Gasteiger partial charge in [-0.3, -0.25) is 9.36 Å². The average Bonchev–Trinajstić information content (AvgIpc) is 3.24. The number of hydrogen-bond acceptors (Lipinski definition) is 5. The normalized spacial score (nSPS) is 12.9. The van der Waals surface area contributed by atoms with E-state index < -0.39 is 0 Å². The number of fused-ring (bicyclic) bond motifs is 1. The molecule has 2 aromatic carbocycles. The second-order valence-corrected chi connectivity index (χ2v) is 6.57. The van der Waals surface area contributed by atoms with Gasteiger partial charge in [0.2, 0.25) is 11.9 Å². The van der Waals surface area contributed by atoms with Crippen LogP contribution >= 0.6 is 11.8 Å². The molecule has 126 valence electrons. The van der Waals surface area contributed by atoms with Crippen molar-refractivity contribution in [3.05, 3.63) is 60.7 Å². The molecule has 0 atom stereocenters. The van der Waals surface area contributed by atoms with Gasteiger partial charge in [0.1, 0.15) is 0 Å². The molecule has 1 amide bonds. The number of amides is 1. The van der Waals surface area contributed by atoms with Gasteiger partial charge in [0, 0.05) is 24.5 Å². The molecule has 2 heterocycles. The lowest BCUT2D eigenvalue weighted by Gasteiger charge is -2.14. The first kappa shape index (κ1) is 15.7. The Morgan fingerprint density at radius 2 is 1.72 bits per heavy atom. The third-order valence-corrected chi connectivity index (χ3v) is 4.91. The third-order valence-electron chi connectivity index (χ3n) is 3.94. The standard InChI is InChI=1S/C18H17N5OS/c24-16(19-14-7-3-1-4-8-14)13-25-18-21-20-17-22(11-12-23(17)18)15-9-5-2-6-10-15/h1-10H,11-13H2,(H,19,24). The number of hydrogen-bond donors (Lipinski definition) is 1. The van der Waals surface area contributed by atoms with Crippen LogP contribution in [0.3, 0.4) is 0 Å². The highest BCUT2D eigenvalue weighted by atomic mass is 32.2. The number of carbonyl (C=O) groups excluding carboxylic acids is 1. The predicted octanol–water partition coefficient (Wildman–Crippen LogP) is 3.16. The van der Waals surface area contributed by atoms with Crippen LogP contribution in [0.25, 0.3) is 0 Å². The number of carbonyl (C=O) groups is 1. The fourth-order valence-electron chi connectivity index (χ4n) is 2.78. The highest BCUT2D eigenvalue weighted by Gasteiger charge is 2.26. The van der Waals surface area contributed by atoms with Crippen molar-refractivity contribution in [1.82, 2.24) is 14.8 Å². The number of benzene rings is 2. The van der Waals surface area contributed by atoms with Gasteiger partial charge in [-0.15, -0.1) is 10.2 Å². The Labute approximate surface area is 149 Å². The van der Waals surface area contributed by atoms with Crippen molar-refractivity contribution in [3.8, 4) is 0 Å². The average molecular weight is 351 g/mol. The molecule has 0 fully saturated rings. The van der Waals surface area contributed by atoms with E-state index in [9.17, 15) is 4.79 Å². The molecular weight excluding hydrogens is 334 g/mol. The molecule has 1 N–H and O–H groups in total. The Morgan fingerprint density at radius 3 is 2.48 bits per heavy atom. The van der Waals surface area contributed by atoms with Gasteiger partial charge >= 0.3 is 0 Å². The molecule has 6 nitrogen and oxygen atoms in total. The van der Waals surface area contributed by atoms with Crippen molar-refractivity contribution < 1.29 is 4.79 Å². The summed E-state index contributed by atoms with van der Waals surface area (Å²) < 4.78 is 2.06. The van der Waals surface area contributed by atoms with Crippen molar-refractivity contribution in [1.29, 1.82) is 0 Å². The lowest BCUT2D eigenvalue weighted by Crippen LogP contribution is -2.14. The first-order valence-electron chi connectivity index (χ1n) is 8.05. The zero-order valence-corrected chi connectivity index (χ0v) is 14.3. The summed E-state index contributed by atoms with van der Waals surface area (Å²) in [5.74, 6) is 1.09. The monoisotopic (exact) mass is 351 g/mol. The van der Waals surface area contributed by atoms with Gasteiger partial charge in [0.05, 0.1) is 5.75 Å². The van der Waals surface area contributed by atoms with Crippen LogP contribution in [0.2, 0.25) is 0 Å². The summed E-state index contributed by atoms with van der Waals surface area (Å²) in [5, 5.41) is 12.2. The molecular formula is C18H17N5OS. The minimum atomic E-state index is -0.0496. The molecule has 1 aliphatic heterocycles. The van der Waals surface area contributed by atoms with E-state index in [-0.39, 0.29) is 5.91 Å². The lowest BCUT2D eigenvalue weighted by atomic mass is 10.3. The summed E-state index contributed by atoms with van der Waals surface area (Å²) in [4.78, 5) is 14.2. The van der Waals surface area contributed by atoms with Crippen LogP contribution in [0.1, 0.15) is 0 Å². The maximum atomic E-state index is 12.1. The van der Waals surface area contributed by atoms with Crippen molar-refractivity contribution in [3.63, 3.8) is 0 Å². The SMILES string of the molecule is O=C(CSc1nnc2n1CCN2c1ccccc1)Nc1ccccc1. The predicted molar refractivity (Wildman–Crippen MR) is 99.3 cm³/mol. The molecule has 0 spiro atoms. The van der Waals surface area contributed by atoms with Crippen LogP contribution in [0.5, 0.6) is 0 Å². The quantitative estimate of drug-likeness (QED) is 0.716. The van der Waals surface area contributed by atoms with Crippen molar-refractivity contribution in [2.24, 2.45) is 0 Å². The Balaban J connectivity index is 1.41. The highest BCUT2D eigenvalue weighted by Crippen LogP contribution is 2.31. The van der Waals surface area contributed by atoms with Crippen molar-refractivity contribution >= 4 is 35.0 Å². The second-order valence-electron chi connectivity index (χ2n) is 5.62. The number of rotatable bonds is 5. The number of thioether (sulfide) groups is 1. The van der Waals surface area contributed by atoms with Crippen molar-refractivity contribution in [2.45, 2.75) is 11.7 Å². The zero-order chi connectivity index (χ0) is 17.1. The minimum Gasteiger partial charge on any atom is -0.325 e. The molecule has 0 radical (unpaired) electrons. The number of nitrogens with zero attached hydrogens (tertiary/aromatic N) is 4. The van der Waals surface area contributed by atoms with E-state index in [1.165, 1.54) is 11.8 Å². The summed E-state index contributed by atoms with van der Waals surface area (Å²) in [5.41, 5.74) is 1.90. The molecule has 0 aliphatic carbocycles. The van der Waals surface area contributed by atoms with Gasteiger partial charge in [0.25, 0.3) is 0 Å². The molecule has 0 bridgehead atoms. The summed E-state index contributed by atoms with van der Waals surface area (Å²) in [6, 6.07) is 19.6. The van der Waals surface area contributed by atoms with Crippen LogP contribution in [0.15, 0.2) is 65.8 Å². The highest BCUT2D eigenvalue weighted by molar-refractivity contribution is 7.99. The minimum absolute atomic E-state index is 0.0496. The Morgan fingerprint density at radius 1 is 1.00 bits per heavy atom. The molecule has 25 heavy (non-hydrogen) atoms. The maximum absolute atomic E-state index is 12.1. The van der Waals surface area contributed by atoms with Gasteiger partial charge in [-0.1, -0.05) is 48.2 Å². The molecule has 0 saturated heterocycles. The zero-order valence-electron chi connectivity index (χ0n) is 13.5. The van der Waals surface area contributed by atoms with E-state index in [1.807, 2.05) is 48.5 Å². The maximum Gasteiger partial charge on any atom is 0.234 e. The largest absolute Gasteiger partial charge is 0.325 e. The first-order chi connectivity index (χ1) is 12.3. The Hall–Kier alpha value is -2.80. The van der Waals surface area contributed by atoms with Crippen LogP contribution in [-0.2, 0) is 11.3 Å². The molecule has 0 saturated carbocycles. The van der Waals surface area contributed by atoms with Gasteiger partial charge < -0.3 is 10.2 Å². The fraction of sp³-hybridized carbons (Fsp3) is 0.167. The summed E-state index contributed by atoms with van der Waals surface area (Å²) in [6.07, 6.45) is 0. The van der Waals surface area contributed by atoms with E-state index in [0.29, 0.717) is 5.75 Å². The molecule has 4 rings (SSSR count). The topological polar surface area (TPSA) is 63.1 Å². The summed E-state index contributed by atoms with van der Waals surface area (Å²) in [7, 11) is 0. The third kappa shape index (κ3) is 3.36. The van der Waals surface area contributed by atoms with Crippen LogP contribution in [-0.4, -0.2) is 33.0 Å². The van der Waals surface area contributed by atoms with E-state index >= 15 is 0 Å². The van der Waals surface area contributed by atoms with E-state index in [2.05, 4.69) is 37.1 Å². The van der Waals surface area contributed by atoms with Gasteiger partial charge in [-0.05, 0) is 24.3 Å². The van der Waals surface area contributed by atoms with E-state index in [0.717, 1.165) is 35.6 Å². The second kappa shape index (κ2) is 6.98. The molecule has 1 aliphatic rings. The van der Waals surface area contributed by atoms with E-state index in [1.54, 1.807) is 0 Å². The molecule has 3 aromatic rings. The van der Waals surface area contributed by atoms with Gasteiger partial charge in [-0.25, -0.2) is 0 Å².